The number of thiophene rings is 1. The van der Waals surface area contributed by atoms with E-state index in [0.717, 1.165) is 27.9 Å². The van der Waals surface area contributed by atoms with Crippen molar-refractivity contribution in [3.8, 4) is 0 Å². The number of allylic oxidation sites excluding steroid dienone is 1. The third-order valence-electron chi connectivity index (χ3n) is 3.81. The van der Waals surface area contributed by atoms with Crippen molar-refractivity contribution in [1.82, 2.24) is 10.2 Å². The van der Waals surface area contributed by atoms with Gasteiger partial charge in [-0.25, -0.2) is 4.79 Å². The fourth-order valence-corrected chi connectivity index (χ4v) is 4.60. The Bertz CT molecular complexity index is 652. The molecule has 0 aromatic carbocycles. The van der Waals surface area contributed by atoms with E-state index in [-0.39, 0.29) is 12.0 Å². The molecule has 1 aliphatic carbocycles. The standard InChI is InChI=1S/C15H17BrN2O2S2/c1-3-20-14(19)12-8(2)18(10-4-5-10)15(21)17-13(12)11-6-9(16)7-22-11/h6-7,10,13H,3-5H2,1-2H3,(H,17,21)/t13-/m1/s1. The molecule has 1 fully saturated rings. The van der Waals surface area contributed by atoms with Crippen LogP contribution in [0.3, 0.4) is 0 Å². The molecule has 2 heterocycles. The lowest BCUT2D eigenvalue weighted by Crippen LogP contribution is -2.48. The fourth-order valence-electron chi connectivity index (χ4n) is 2.70. The Balaban J connectivity index is 2.04. The van der Waals surface area contributed by atoms with E-state index in [0.29, 0.717) is 23.3 Å². The van der Waals surface area contributed by atoms with Crippen LogP contribution in [0.1, 0.15) is 37.6 Å². The van der Waals surface area contributed by atoms with Crippen LogP contribution >= 0.6 is 39.5 Å². The molecule has 0 amide bonds. The zero-order chi connectivity index (χ0) is 15.9. The monoisotopic (exact) mass is 400 g/mol. The number of ether oxygens (including phenoxy) is 1. The Morgan fingerprint density at radius 3 is 2.86 bits per heavy atom. The largest absolute Gasteiger partial charge is 0.463 e. The van der Waals surface area contributed by atoms with Gasteiger partial charge in [-0.1, -0.05) is 0 Å². The number of halogens is 1. The highest BCUT2D eigenvalue weighted by Crippen LogP contribution is 2.39. The summed E-state index contributed by atoms with van der Waals surface area (Å²) in [5, 5.41) is 6.03. The summed E-state index contributed by atoms with van der Waals surface area (Å²) in [4.78, 5) is 15.6. The van der Waals surface area contributed by atoms with E-state index in [1.165, 1.54) is 0 Å². The van der Waals surface area contributed by atoms with Crippen molar-refractivity contribution in [2.45, 2.75) is 38.8 Å². The lowest BCUT2D eigenvalue weighted by molar-refractivity contribution is -0.139. The zero-order valence-corrected chi connectivity index (χ0v) is 15.6. The highest BCUT2D eigenvalue weighted by Gasteiger charge is 2.41. The molecule has 0 unspecified atom stereocenters. The van der Waals surface area contributed by atoms with Crippen molar-refractivity contribution in [2.75, 3.05) is 6.61 Å². The Labute approximate surface area is 147 Å². The Kier molecular flexibility index (Phi) is 4.56. The average Bonchev–Trinajstić information content (AvgIpc) is 3.19. The van der Waals surface area contributed by atoms with Crippen LogP contribution in [0.2, 0.25) is 0 Å². The minimum atomic E-state index is -0.268. The lowest BCUT2D eigenvalue weighted by Gasteiger charge is -2.37. The highest BCUT2D eigenvalue weighted by molar-refractivity contribution is 9.10. The number of hydrogen-bond donors (Lipinski definition) is 1. The molecule has 0 radical (unpaired) electrons. The van der Waals surface area contributed by atoms with Crippen molar-refractivity contribution in [3.63, 3.8) is 0 Å². The predicted molar refractivity (Wildman–Crippen MR) is 94.7 cm³/mol. The molecule has 22 heavy (non-hydrogen) atoms. The molecular formula is C15H17BrN2O2S2. The van der Waals surface area contributed by atoms with Gasteiger partial charge in [0.2, 0.25) is 0 Å². The summed E-state index contributed by atoms with van der Waals surface area (Å²) in [7, 11) is 0. The van der Waals surface area contributed by atoms with Gasteiger partial charge >= 0.3 is 5.97 Å². The number of thiocarbonyl (C=S) groups is 1. The minimum Gasteiger partial charge on any atom is -0.463 e. The molecule has 2 aliphatic rings. The van der Waals surface area contributed by atoms with Crippen molar-refractivity contribution < 1.29 is 9.53 Å². The first-order chi connectivity index (χ1) is 10.5. The summed E-state index contributed by atoms with van der Waals surface area (Å²) in [6, 6.07) is 2.20. The normalized spacial score (nSPS) is 21.9. The van der Waals surface area contributed by atoms with Crippen LogP contribution in [0, 0.1) is 0 Å². The number of hydrogen-bond acceptors (Lipinski definition) is 4. The molecule has 1 aromatic rings. The average molecular weight is 401 g/mol. The number of nitrogens with one attached hydrogen (secondary N) is 1. The topological polar surface area (TPSA) is 41.6 Å². The van der Waals surface area contributed by atoms with Crippen molar-refractivity contribution >= 4 is 50.6 Å². The van der Waals surface area contributed by atoms with Gasteiger partial charge in [0.05, 0.1) is 18.2 Å². The number of nitrogens with zero attached hydrogens (tertiary/aromatic N) is 1. The first kappa shape index (κ1) is 16.0. The first-order valence-electron chi connectivity index (χ1n) is 7.24. The van der Waals surface area contributed by atoms with Crippen molar-refractivity contribution in [3.05, 3.63) is 32.1 Å². The van der Waals surface area contributed by atoms with Crippen molar-refractivity contribution in [2.24, 2.45) is 0 Å². The summed E-state index contributed by atoms with van der Waals surface area (Å²) in [5.74, 6) is -0.268. The van der Waals surface area contributed by atoms with Gasteiger partial charge in [-0.15, -0.1) is 11.3 Å². The zero-order valence-electron chi connectivity index (χ0n) is 12.4. The van der Waals surface area contributed by atoms with E-state index in [2.05, 4.69) is 26.1 Å². The quantitative estimate of drug-likeness (QED) is 0.615. The van der Waals surface area contributed by atoms with Crippen LogP contribution in [0.5, 0.6) is 0 Å². The molecule has 1 atom stereocenters. The number of esters is 1. The van der Waals surface area contributed by atoms with Crippen LogP contribution in [0.25, 0.3) is 0 Å². The summed E-state index contributed by atoms with van der Waals surface area (Å²) >= 11 is 10.6. The minimum absolute atomic E-state index is 0.238. The van der Waals surface area contributed by atoms with Crippen LogP contribution in [-0.4, -0.2) is 28.6 Å². The molecular weight excluding hydrogens is 384 g/mol. The Morgan fingerprint density at radius 1 is 1.59 bits per heavy atom. The van der Waals surface area contributed by atoms with Crippen LogP contribution in [0.15, 0.2) is 27.2 Å². The third kappa shape index (κ3) is 2.94. The molecule has 0 saturated heterocycles. The van der Waals surface area contributed by atoms with E-state index in [1.807, 2.05) is 25.3 Å². The van der Waals surface area contributed by atoms with E-state index in [4.69, 9.17) is 17.0 Å². The van der Waals surface area contributed by atoms with Crippen LogP contribution < -0.4 is 5.32 Å². The van der Waals surface area contributed by atoms with E-state index < -0.39 is 0 Å². The predicted octanol–water partition coefficient (Wildman–Crippen LogP) is 3.74. The van der Waals surface area contributed by atoms with Gasteiger partial charge < -0.3 is 15.0 Å². The number of rotatable bonds is 4. The van der Waals surface area contributed by atoms with Gasteiger partial charge in [0.1, 0.15) is 0 Å². The molecule has 118 valence electrons. The maximum atomic E-state index is 12.5. The summed E-state index contributed by atoms with van der Waals surface area (Å²) < 4.78 is 6.29. The third-order valence-corrected chi connectivity index (χ3v) is 5.88. The molecule has 1 saturated carbocycles. The van der Waals surface area contributed by atoms with Crippen LogP contribution in [-0.2, 0) is 9.53 Å². The van der Waals surface area contributed by atoms with E-state index >= 15 is 0 Å². The first-order valence-corrected chi connectivity index (χ1v) is 9.32. The lowest BCUT2D eigenvalue weighted by atomic mass is 10.0. The number of carbonyl (C=O) groups is 1. The van der Waals surface area contributed by atoms with E-state index in [9.17, 15) is 4.79 Å². The van der Waals surface area contributed by atoms with Gasteiger partial charge in [-0.3, -0.25) is 0 Å². The van der Waals surface area contributed by atoms with Gasteiger partial charge in [0, 0.05) is 26.5 Å². The maximum Gasteiger partial charge on any atom is 0.338 e. The smallest absolute Gasteiger partial charge is 0.338 e. The summed E-state index contributed by atoms with van der Waals surface area (Å²) in [6.45, 7) is 4.15. The maximum absolute atomic E-state index is 12.5. The van der Waals surface area contributed by atoms with Crippen LogP contribution in [0.4, 0.5) is 0 Å². The molecule has 0 bridgehead atoms. The van der Waals surface area contributed by atoms with Gasteiger partial charge in [-0.2, -0.15) is 0 Å². The van der Waals surface area contributed by atoms with Gasteiger partial charge in [0.25, 0.3) is 0 Å². The Morgan fingerprint density at radius 2 is 2.32 bits per heavy atom. The summed E-state index contributed by atoms with van der Waals surface area (Å²) in [6.07, 6.45) is 2.23. The second-order valence-electron chi connectivity index (χ2n) is 5.37. The second-order valence-corrected chi connectivity index (χ2v) is 7.62. The van der Waals surface area contributed by atoms with Gasteiger partial charge in [-0.05, 0) is 60.9 Å². The molecule has 3 rings (SSSR count). The molecule has 1 aromatic heterocycles. The van der Waals surface area contributed by atoms with E-state index in [1.54, 1.807) is 11.3 Å². The highest BCUT2D eigenvalue weighted by atomic mass is 79.9. The fraction of sp³-hybridized carbons (Fsp3) is 0.467. The molecule has 4 nitrogen and oxygen atoms in total. The molecule has 1 aliphatic heterocycles. The summed E-state index contributed by atoms with van der Waals surface area (Å²) in [5.41, 5.74) is 1.58. The van der Waals surface area contributed by atoms with Crippen molar-refractivity contribution in [1.29, 1.82) is 0 Å². The SMILES string of the molecule is CCOC(=O)C1=C(C)N(C2CC2)C(=S)N[C@@H]1c1cc(Br)cs1. The number of carbonyl (C=O) groups excluding carboxylic acids is 1. The Hall–Kier alpha value is -0.920. The molecule has 7 heteroatoms. The molecule has 0 spiro atoms. The molecule has 1 N–H and O–H groups in total. The second kappa shape index (κ2) is 6.29. The van der Waals surface area contributed by atoms with Gasteiger partial charge in [0.15, 0.2) is 5.11 Å².